The fourth-order valence-electron chi connectivity index (χ4n) is 1.69. The molecule has 90 valence electrons. The number of hydrogen-bond acceptors (Lipinski definition) is 4. The van der Waals surface area contributed by atoms with Crippen LogP contribution in [0.25, 0.3) is 5.69 Å². The van der Waals surface area contributed by atoms with Crippen molar-refractivity contribution >= 4 is 5.69 Å². The Kier molecular flexibility index (Phi) is 2.75. The molecular weight excluding hydrogens is 228 g/mol. The summed E-state index contributed by atoms with van der Waals surface area (Å²) in [6.45, 7) is 0.714. The van der Waals surface area contributed by atoms with E-state index in [4.69, 9.17) is 0 Å². The van der Waals surface area contributed by atoms with Gasteiger partial charge >= 0.3 is 0 Å². The second kappa shape index (κ2) is 4.70. The predicted octanol–water partition coefficient (Wildman–Crippen LogP) is 1.60. The van der Waals surface area contributed by atoms with Crippen LogP contribution in [0, 0.1) is 0 Å². The number of rotatable bonds is 4. The Balaban J connectivity index is 1.75. The Morgan fingerprint density at radius 2 is 2.11 bits per heavy atom. The molecule has 18 heavy (non-hydrogen) atoms. The third-order valence-corrected chi connectivity index (χ3v) is 2.60. The maximum absolute atomic E-state index is 3.98. The maximum atomic E-state index is 3.98. The van der Waals surface area contributed by atoms with Crippen LogP contribution in [0.1, 0.15) is 5.69 Å². The van der Waals surface area contributed by atoms with Gasteiger partial charge in [0.15, 0.2) is 0 Å². The number of hydrogen-bond donors (Lipinski definition) is 2. The molecule has 0 spiro atoms. The monoisotopic (exact) mass is 240 g/mol. The van der Waals surface area contributed by atoms with Crippen molar-refractivity contribution < 1.29 is 0 Å². The zero-order valence-electron chi connectivity index (χ0n) is 9.61. The van der Waals surface area contributed by atoms with Gasteiger partial charge in [0.1, 0.15) is 12.7 Å². The van der Waals surface area contributed by atoms with Crippen LogP contribution in [0.15, 0.2) is 49.4 Å². The standard InChI is InChI=1S/C12H12N6/c1-2-10(14-6-11-5-13-7-15-11)4-12(3-1)18-8-16-17-9-18/h1-5,7-9,14H,6H2,(H,13,15). The van der Waals surface area contributed by atoms with Gasteiger partial charge in [0.2, 0.25) is 0 Å². The van der Waals surface area contributed by atoms with Gasteiger partial charge in [-0.3, -0.25) is 4.57 Å². The first kappa shape index (κ1) is 10.5. The number of anilines is 1. The number of aromatic amines is 1. The highest BCUT2D eigenvalue weighted by molar-refractivity contribution is 5.51. The van der Waals surface area contributed by atoms with Crippen molar-refractivity contribution in [2.45, 2.75) is 6.54 Å². The molecule has 2 heterocycles. The molecule has 0 saturated heterocycles. The maximum Gasteiger partial charge on any atom is 0.123 e. The fourth-order valence-corrected chi connectivity index (χ4v) is 1.69. The van der Waals surface area contributed by atoms with Crippen LogP contribution in [0.3, 0.4) is 0 Å². The largest absolute Gasteiger partial charge is 0.379 e. The Morgan fingerprint density at radius 1 is 1.22 bits per heavy atom. The molecule has 0 aliphatic carbocycles. The quantitative estimate of drug-likeness (QED) is 0.726. The minimum absolute atomic E-state index is 0.714. The van der Waals surface area contributed by atoms with Crippen LogP contribution in [0.4, 0.5) is 5.69 Å². The van der Waals surface area contributed by atoms with E-state index in [2.05, 4.69) is 25.5 Å². The summed E-state index contributed by atoms with van der Waals surface area (Å²) < 4.78 is 1.86. The smallest absolute Gasteiger partial charge is 0.123 e. The van der Waals surface area contributed by atoms with Gasteiger partial charge in [-0.15, -0.1) is 10.2 Å². The van der Waals surface area contributed by atoms with E-state index in [0.717, 1.165) is 17.1 Å². The summed E-state index contributed by atoms with van der Waals surface area (Å²) >= 11 is 0. The van der Waals surface area contributed by atoms with E-state index in [9.17, 15) is 0 Å². The van der Waals surface area contributed by atoms with Gasteiger partial charge in [-0.1, -0.05) is 6.07 Å². The van der Waals surface area contributed by atoms with Crippen molar-refractivity contribution in [2.24, 2.45) is 0 Å². The summed E-state index contributed by atoms with van der Waals surface area (Å²) in [5.41, 5.74) is 3.11. The second-order valence-corrected chi connectivity index (χ2v) is 3.85. The van der Waals surface area contributed by atoms with Crippen molar-refractivity contribution in [3.63, 3.8) is 0 Å². The number of benzene rings is 1. The summed E-state index contributed by atoms with van der Waals surface area (Å²) in [7, 11) is 0. The van der Waals surface area contributed by atoms with Crippen LogP contribution in [-0.4, -0.2) is 24.7 Å². The Morgan fingerprint density at radius 3 is 2.89 bits per heavy atom. The molecule has 1 aromatic carbocycles. The van der Waals surface area contributed by atoms with Gasteiger partial charge in [0.05, 0.1) is 24.3 Å². The fraction of sp³-hybridized carbons (Fsp3) is 0.0833. The Bertz CT molecular complexity index is 599. The molecule has 0 bridgehead atoms. The Hall–Kier alpha value is -2.63. The van der Waals surface area contributed by atoms with Gasteiger partial charge in [-0.25, -0.2) is 4.98 Å². The Labute approximate surface area is 104 Å². The zero-order chi connectivity index (χ0) is 12.2. The average Bonchev–Trinajstić information content (AvgIpc) is 3.10. The van der Waals surface area contributed by atoms with E-state index >= 15 is 0 Å². The van der Waals surface area contributed by atoms with Crippen LogP contribution in [0.5, 0.6) is 0 Å². The number of nitrogens with one attached hydrogen (secondary N) is 2. The number of aromatic nitrogens is 5. The first-order chi connectivity index (χ1) is 8.92. The molecule has 0 radical (unpaired) electrons. The van der Waals surface area contributed by atoms with Crippen molar-refractivity contribution in [1.29, 1.82) is 0 Å². The summed E-state index contributed by atoms with van der Waals surface area (Å²) in [5, 5.41) is 10.9. The van der Waals surface area contributed by atoms with Crippen LogP contribution in [-0.2, 0) is 6.54 Å². The van der Waals surface area contributed by atoms with E-state index < -0.39 is 0 Å². The molecule has 0 amide bonds. The number of nitrogens with zero attached hydrogens (tertiary/aromatic N) is 4. The molecule has 3 aromatic rings. The highest BCUT2D eigenvalue weighted by Gasteiger charge is 1.99. The molecule has 0 saturated carbocycles. The first-order valence-corrected chi connectivity index (χ1v) is 5.58. The van der Waals surface area contributed by atoms with E-state index in [-0.39, 0.29) is 0 Å². The number of imidazole rings is 1. The molecule has 3 rings (SSSR count). The summed E-state index contributed by atoms with van der Waals surface area (Å²) in [6.07, 6.45) is 6.82. The van der Waals surface area contributed by atoms with Gasteiger partial charge < -0.3 is 10.3 Å². The van der Waals surface area contributed by atoms with Crippen molar-refractivity contribution in [3.8, 4) is 5.69 Å². The van der Waals surface area contributed by atoms with Crippen LogP contribution < -0.4 is 5.32 Å². The van der Waals surface area contributed by atoms with E-state index in [1.165, 1.54) is 0 Å². The zero-order valence-corrected chi connectivity index (χ0v) is 9.61. The van der Waals surface area contributed by atoms with Crippen LogP contribution in [0.2, 0.25) is 0 Å². The predicted molar refractivity (Wildman–Crippen MR) is 67.3 cm³/mol. The SMILES string of the molecule is c1cc(NCc2cnc[nH]2)cc(-n2cnnc2)c1. The molecule has 0 aliphatic heterocycles. The summed E-state index contributed by atoms with van der Waals surface area (Å²) in [5.74, 6) is 0. The molecule has 0 aliphatic rings. The highest BCUT2D eigenvalue weighted by Crippen LogP contribution is 2.14. The van der Waals surface area contributed by atoms with Crippen molar-refractivity contribution in [1.82, 2.24) is 24.7 Å². The van der Waals surface area contributed by atoms with Crippen LogP contribution >= 0.6 is 0 Å². The molecular formula is C12H12N6. The summed E-state index contributed by atoms with van der Waals surface area (Å²) in [4.78, 5) is 7.03. The lowest BCUT2D eigenvalue weighted by Crippen LogP contribution is -2.00. The normalized spacial score (nSPS) is 10.4. The topological polar surface area (TPSA) is 71.4 Å². The molecule has 2 aromatic heterocycles. The second-order valence-electron chi connectivity index (χ2n) is 3.85. The van der Waals surface area contributed by atoms with Gasteiger partial charge in [-0.05, 0) is 18.2 Å². The highest BCUT2D eigenvalue weighted by atomic mass is 15.2. The van der Waals surface area contributed by atoms with E-state index in [0.29, 0.717) is 6.54 Å². The minimum Gasteiger partial charge on any atom is -0.379 e. The lowest BCUT2D eigenvalue weighted by Gasteiger charge is -2.07. The van der Waals surface area contributed by atoms with Crippen molar-refractivity contribution in [2.75, 3.05) is 5.32 Å². The molecule has 6 nitrogen and oxygen atoms in total. The third kappa shape index (κ3) is 2.22. The summed E-state index contributed by atoms with van der Waals surface area (Å²) in [6, 6.07) is 8.05. The molecule has 0 unspecified atom stereocenters. The molecule has 0 fully saturated rings. The molecule has 0 atom stereocenters. The van der Waals surface area contributed by atoms with Gasteiger partial charge in [0.25, 0.3) is 0 Å². The minimum atomic E-state index is 0.714. The molecule has 2 N–H and O–H groups in total. The molecule has 6 heteroatoms. The van der Waals surface area contributed by atoms with E-state index in [1.54, 1.807) is 25.2 Å². The third-order valence-electron chi connectivity index (χ3n) is 2.60. The lowest BCUT2D eigenvalue weighted by molar-refractivity contribution is 1.04. The number of H-pyrrole nitrogens is 1. The van der Waals surface area contributed by atoms with Gasteiger partial charge in [0, 0.05) is 11.9 Å². The first-order valence-electron chi connectivity index (χ1n) is 5.58. The van der Waals surface area contributed by atoms with Gasteiger partial charge in [-0.2, -0.15) is 0 Å². The van der Waals surface area contributed by atoms with E-state index in [1.807, 2.05) is 28.8 Å². The van der Waals surface area contributed by atoms with Crippen molar-refractivity contribution in [3.05, 3.63) is 55.1 Å². The average molecular weight is 240 g/mol. The lowest BCUT2D eigenvalue weighted by atomic mass is 10.2.